The van der Waals surface area contributed by atoms with Crippen molar-refractivity contribution in [2.24, 2.45) is 0 Å². The van der Waals surface area contributed by atoms with Gasteiger partial charge in [-0.3, -0.25) is 4.90 Å². The Morgan fingerprint density at radius 2 is 2.00 bits per heavy atom. The first-order valence-electron chi connectivity index (χ1n) is 7.41. The van der Waals surface area contributed by atoms with E-state index in [0.29, 0.717) is 19.6 Å². The van der Waals surface area contributed by atoms with E-state index in [0.717, 1.165) is 19.0 Å². The summed E-state index contributed by atoms with van der Waals surface area (Å²) in [6.07, 6.45) is 0.857. The molecule has 0 aromatic carbocycles. The summed E-state index contributed by atoms with van der Waals surface area (Å²) >= 11 is 0. The standard InChI is InChI=1S/C15H24F2N4/c1-5-6-18-13-11(16)9-12(17)14(19-13)21-8-7-20(4)15(2,3)10-21/h9H,5-8,10H2,1-4H3,(H,18,19). The average molecular weight is 298 g/mol. The second-order valence-electron chi connectivity index (χ2n) is 6.21. The Balaban J connectivity index is 2.26. The molecule has 1 aromatic heterocycles. The number of pyridine rings is 1. The van der Waals surface area contributed by atoms with Gasteiger partial charge in [0.25, 0.3) is 0 Å². The lowest BCUT2D eigenvalue weighted by molar-refractivity contribution is 0.138. The molecule has 1 aliphatic rings. The highest BCUT2D eigenvalue weighted by molar-refractivity contribution is 5.50. The maximum absolute atomic E-state index is 14.1. The number of aromatic nitrogens is 1. The molecule has 0 saturated carbocycles. The molecule has 21 heavy (non-hydrogen) atoms. The van der Waals surface area contributed by atoms with E-state index >= 15 is 0 Å². The molecule has 1 fully saturated rings. The molecule has 0 atom stereocenters. The number of likely N-dealkylation sites (N-methyl/N-ethyl adjacent to an activating group) is 1. The number of nitrogens with zero attached hydrogens (tertiary/aromatic N) is 3. The molecule has 2 heterocycles. The first kappa shape index (κ1) is 15.9. The summed E-state index contributed by atoms with van der Waals surface area (Å²) in [4.78, 5) is 8.30. The predicted octanol–water partition coefficient (Wildman–Crippen LogP) is 2.71. The molecule has 0 aliphatic carbocycles. The van der Waals surface area contributed by atoms with Crippen molar-refractivity contribution in [1.82, 2.24) is 9.88 Å². The normalized spacial score (nSPS) is 18.9. The molecule has 2 rings (SSSR count). The highest BCUT2D eigenvalue weighted by Gasteiger charge is 2.33. The number of hydrogen-bond donors (Lipinski definition) is 1. The van der Waals surface area contributed by atoms with Gasteiger partial charge in [0.05, 0.1) is 0 Å². The van der Waals surface area contributed by atoms with Crippen molar-refractivity contribution >= 4 is 11.6 Å². The van der Waals surface area contributed by atoms with Crippen molar-refractivity contribution in [2.75, 3.05) is 43.4 Å². The van der Waals surface area contributed by atoms with Crippen LogP contribution >= 0.6 is 0 Å². The van der Waals surface area contributed by atoms with Crippen LogP contribution in [0.3, 0.4) is 0 Å². The fraction of sp³-hybridized carbons (Fsp3) is 0.667. The van der Waals surface area contributed by atoms with Gasteiger partial charge in [-0.25, -0.2) is 13.8 Å². The lowest BCUT2D eigenvalue weighted by atomic mass is 10.00. The fourth-order valence-corrected chi connectivity index (χ4v) is 2.47. The third-order valence-electron chi connectivity index (χ3n) is 4.07. The summed E-state index contributed by atoms with van der Waals surface area (Å²) in [5.41, 5.74) is -0.0717. The van der Waals surface area contributed by atoms with Gasteiger partial charge in [-0.15, -0.1) is 0 Å². The quantitative estimate of drug-likeness (QED) is 0.926. The van der Waals surface area contributed by atoms with Crippen molar-refractivity contribution in [3.05, 3.63) is 17.7 Å². The van der Waals surface area contributed by atoms with Gasteiger partial charge in [-0.05, 0) is 27.3 Å². The molecular weight excluding hydrogens is 274 g/mol. The van der Waals surface area contributed by atoms with E-state index in [4.69, 9.17) is 0 Å². The molecule has 1 aromatic rings. The third-order valence-corrected chi connectivity index (χ3v) is 4.07. The first-order chi connectivity index (χ1) is 9.85. The van der Waals surface area contributed by atoms with Gasteiger partial charge in [0, 0.05) is 37.8 Å². The molecule has 118 valence electrons. The minimum absolute atomic E-state index is 0.0717. The largest absolute Gasteiger partial charge is 0.368 e. The Bertz CT molecular complexity index is 505. The van der Waals surface area contributed by atoms with Gasteiger partial charge >= 0.3 is 0 Å². The molecule has 1 N–H and O–H groups in total. The summed E-state index contributed by atoms with van der Waals surface area (Å²) in [6.45, 7) is 8.98. The highest BCUT2D eigenvalue weighted by Crippen LogP contribution is 2.27. The SMILES string of the molecule is CCCNc1nc(N2CCN(C)C(C)(C)C2)c(F)cc1F. The molecule has 4 nitrogen and oxygen atoms in total. The molecular formula is C15H24F2N4. The first-order valence-corrected chi connectivity index (χ1v) is 7.41. The van der Waals surface area contributed by atoms with Crippen molar-refractivity contribution in [2.45, 2.75) is 32.7 Å². The van der Waals surface area contributed by atoms with E-state index in [1.54, 1.807) is 0 Å². The number of rotatable bonds is 4. The predicted molar refractivity (Wildman–Crippen MR) is 81.9 cm³/mol. The maximum atomic E-state index is 14.1. The van der Waals surface area contributed by atoms with Crippen LogP contribution in [-0.4, -0.2) is 48.6 Å². The highest BCUT2D eigenvalue weighted by atomic mass is 19.1. The topological polar surface area (TPSA) is 31.4 Å². The number of hydrogen-bond acceptors (Lipinski definition) is 4. The Morgan fingerprint density at radius 3 is 2.62 bits per heavy atom. The smallest absolute Gasteiger partial charge is 0.168 e. The van der Waals surface area contributed by atoms with Crippen LogP contribution in [0.25, 0.3) is 0 Å². The number of nitrogens with one attached hydrogen (secondary N) is 1. The van der Waals surface area contributed by atoms with Gasteiger partial charge in [0.15, 0.2) is 23.3 Å². The molecule has 0 radical (unpaired) electrons. The molecule has 1 saturated heterocycles. The molecule has 0 spiro atoms. The number of halogens is 2. The second kappa shape index (κ2) is 6.13. The van der Waals surface area contributed by atoms with Crippen LogP contribution in [0.4, 0.5) is 20.4 Å². The summed E-state index contributed by atoms with van der Waals surface area (Å²) in [7, 11) is 2.06. The van der Waals surface area contributed by atoms with Gasteiger partial charge in [0.2, 0.25) is 0 Å². The van der Waals surface area contributed by atoms with Gasteiger partial charge in [-0.2, -0.15) is 0 Å². The third kappa shape index (κ3) is 3.43. The summed E-state index contributed by atoms with van der Waals surface area (Å²) in [5.74, 6) is -0.880. The Hall–Kier alpha value is -1.43. The van der Waals surface area contributed by atoms with Crippen molar-refractivity contribution in [1.29, 1.82) is 0 Å². The molecule has 0 unspecified atom stereocenters. The van der Waals surface area contributed by atoms with E-state index < -0.39 is 11.6 Å². The zero-order chi connectivity index (χ0) is 15.6. The van der Waals surface area contributed by atoms with Crippen molar-refractivity contribution < 1.29 is 8.78 Å². The Kier molecular flexibility index (Phi) is 4.66. The average Bonchev–Trinajstić information content (AvgIpc) is 2.41. The summed E-state index contributed by atoms with van der Waals surface area (Å²) in [5, 5.41) is 2.91. The van der Waals surface area contributed by atoms with Crippen LogP contribution in [0.15, 0.2) is 6.07 Å². The van der Waals surface area contributed by atoms with E-state index in [1.165, 1.54) is 0 Å². The van der Waals surface area contributed by atoms with Crippen molar-refractivity contribution in [3.63, 3.8) is 0 Å². The van der Waals surface area contributed by atoms with Crippen LogP contribution in [0.5, 0.6) is 0 Å². The monoisotopic (exact) mass is 298 g/mol. The van der Waals surface area contributed by atoms with Gasteiger partial charge in [0.1, 0.15) is 0 Å². The summed E-state index contributed by atoms with van der Waals surface area (Å²) in [6, 6.07) is 0.922. The van der Waals surface area contributed by atoms with Gasteiger partial charge < -0.3 is 10.2 Å². The van der Waals surface area contributed by atoms with E-state index in [9.17, 15) is 8.78 Å². The molecule has 1 aliphatic heterocycles. The lowest BCUT2D eigenvalue weighted by Crippen LogP contribution is -2.58. The van der Waals surface area contributed by atoms with Crippen LogP contribution in [0, 0.1) is 11.6 Å². The lowest BCUT2D eigenvalue weighted by Gasteiger charge is -2.45. The second-order valence-corrected chi connectivity index (χ2v) is 6.21. The molecule has 0 amide bonds. The van der Waals surface area contributed by atoms with Crippen molar-refractivity contribution in [3.8, 4) is 0 Å². The Morgan fingerprint density at radius 1 is 1.29 bits per heavy atom. The van der Waals surface area contributed by atoms with Crippen LogP contribution in [0.2, 0.25) is 0 Å². The zero-order valence-corrected chi connectivity index (χ0v) is 13.2. The minimum atomic E-state index is -0.641. The van der Waals surface area contributed by atoms with Crippen LogP contribution in [-0.2, 0) is 0 Å². The molecule has 6 heteroatoms. The van der Waals surface area contributed by atoms with E-state index in [1.807, 2.05) is 11.8 Å². The number of piperazine rings is 1. The number of anilines is 2. The van der Waals surface area contributed by atoms with Gasteiger partial charge in [-0.1, -0.05) is 6.92 Å². The molecule has 0 bridgehead atoms. The van der Waals surface area contributed by atoms with Crippen LogP contribution < -0.4 is 10.2 Å². The van der Waals surface area contributed by atoms with Crippen LogP contribution in [0.1, 0.15) is 27.2 Å². The minimum Gasteiger partial charge on any atom is -0.368 e. The maximum Gasteiger partial charge on any atom is 0.168 e. The fourth-order valence-electron chi connectivity index (χ4n) is 2.47. The summed E-state index contributed by atoms with van der Waals surface area (Å²) < 4.78 is 27.8. The van der Waals surface area contributed by atoms with E-state index in [2.05, 4.69) is 36.1 Å². The Labute approximate surface area is 125 Å². The zero-order valence-electron chi connectivity index (χ0n) is 13.2. The van der Waals surface area contributed by atoms with E-state index in [-0.39, 0.29) is 17.2 Å².